The summed E-state index contributed by atoms with van der Waals surface area (Å²) in [5.74, 6) is -1.50. The van der Waals surface area contributed by atoms with Crippen LogP contribution in [-0.2, 0) is 20.8 Å². The normalized spacial score (nSPS) is 15.2. The van der Waals surface area contributed by atoms with Crippen LogP contribution in [0.25, 0.3) is 0 Å². The van der Waals surface area contributed by atoms with Crippen LogP contribution in [0.2, 0.25) is 0 Å². The lowest BCUT2D eigenvalue weighted by atomic mass is 9.96. The van der Waals surface area contributed by atoms with E-state index in [1.807, 2.05) is 36.4 Å². The van der Waals surface area contributed by atoms with Crippen LogP contribution in [0.5, 0.6) is 0 Å². The zero-order valence-corrected chi connectivity index (χ0v) is 19.4. The van der Waals surface area contributed by atoms with Gasteiger partial charge in [-0.15, -0.1) is 0 Å². The number of benzene rings is 1. The lowest BCUT2D eigenvalue weighted by Gasteiger charge is -2.31. The van der Waals surface area contributed by atoms with Gasteiger partial charge in [-0.2, -0.15) is 0 Å². The summed E-state index contributed by atoms with van der Waals surface area (Å²) in [4.78, 5) is 48.8. The van der Waals surface area contributed by atoms with Gasteiger partial charge in [-0.1, -0.05) is 48.6 Å². The maximum absolute atomic E-state index is 13.0. The molecule has 1 rings (SSSR count). The quantitative estimate of drug-likeness (QED) is 0.192. The van der Waals surface area contributed by atoms with Gasteiger partial charge in [0.1, 0.15) is 6.04 Å². The molecule has 1 aromatic rings. The van der Waals surface area contributed by atoms with E-state index in [2.05, 4.69) is 0 Å². The van der Waals surface area contributed by atoms with E-state index >= 15 is 0 Å². The highest BCUT2D eigenvalue weighted by Gasteiger charge is 2.36. The Balaban J connectivity index is 3.20. The molecule has 0 bridgehead atoms. The number of nitro benzene ring substituents is 1. The third kappa shape index (κ3) is 7.73. The number of nitrogens with two attached hydrogens (primary N) is 1. The summed E-state index contributed by atoms with van der Waals surface area (Å²) in [6, 6.07) is 3.15. The van der Waals surface area contributed by atoms with E-state index in [4.69, 9.17) is 5.73 Å². The van der Waals surface area contributed by atoms with Crippen molar-refractivity contribution in [2.75, 3.05) is 4.43 Å². The van der Waals surface area contributed by atoms with Gasteiger partial charge in [0.25, 0.3) is 5.69 Å². The summed E-state index contributed by atoms with van der Waals surface area (Å²) >= 11 is 1.96. The lowest BCUT2D eigenvalue weighted by Crippen LogP contribution is -2.54. The molecule has 0 spiro atoms. The second kappa shape index (κ2) is 11.5. The Morgan fingerprint density at radius 1 is 1.40 bits per heavy atom. The van der Waals surface area contributed by atoms with Crippen LogP contribution >= 0.6 is 22.6 Å². The van der Waals surface area contributed by atoms with Crippen LogP contribution in [0, 0.1) is 16.0 Å². The Morgan fingerprint density at radius 3 is 2.53 bits per heavy atom. The number of alkyl halides is 1. The van der Waals surface area contributed by atoms with E-state index in [0.717, 1.165) is 4.90 Å². The molecule has 0 fully saturated rings. The molecule has 1 aromatic carbocycles. The number of hydrogen-bond acceptors (Lipinski definition) is 7. The standard InChI is InChI=1S/C20H27IN3O6/c1-13(2)7-16(11-25)23(19(27)17(22)10-20(3,28)12-21)18(26)9-14-5-4-6-15(8-14)24(29)30/h4-6,8,13,16-17,28H,7,9-10,12,22H2,1-3H3/t16-,17-,20?/m0/s1. The molecule has 0 aliphatic carbocycles. The van der Waals surface area contributed by atoms with Gasteiger partial charge in [0, 0.05) is 23.0 Å². The molecule has 0 saturated heterocycles. The number of hydrogen-bond donors (Lipinski definition) is 2. The van der Waals surface area contributed by atoms with E-state index in [0.29, 0.717) is 9.99 Å². The number of carbonyl (C=O) groups excluding carboxylic acids is 3. The molecule has 1 radical (unpaired) electrons. The number of non-ortho nitro benzene ring substituents is 1. The highest BCUT2D eigenvalue weighted by molar-refractivity contribution is 14.1. The third-order valence-electron chi connectivity index (χ3n) is 4.39. The Hall–Kier alpha value is -1.92. The largest absolute Gasteiger partial charge is 0.389 e. The van der Waals surface area contributed by atoms with Gasteiger partial charge in [-0.05, 0) is 24.8 Å². The van der Waals surface area contributed by atoms with Crippen molar-refractivity contribution < 1.29 is 24.4 Å². The molecule has 10 heteroatoms. The molecule has 0 aliphatic rings. The van der Waals surface area contributed by atoms with Crippen molar-refractivity contribution in [1.82, 2.24) is 4.90 Å². The average molecular weight is 532 g/mol. The van der Waals surface area contributed by atoms with Gasteiger partial charge in [0.15, 0.2) is 0 Å². The zero-order chi connectivity index (χ0) is 23.1. The van der Waals surface area contributed by atoms with Crippen molar-refractivity contribution in [3.63, 3.8) is 0 Å². The third-order valence-corrected chi connectivity index (χ3v) is 6.03. The predicted octanol–water partition coefficient (Wildman–Crippen LogP) is 1.92. The molecule has 0 saturated carbocycles. The second-order valence-electron chi connectivity index (χ2n) is 7.91. The van der Waals surface area contributed by atoms with E-state index in [1.165, 1.54) is 31.2 Å². The molecule has 3 atom stereocenters. The Labute approximate surface area is 189 Å². The minimum Gasteiger partial charge on any atom is -0.389 e. The highest BCUT2D eigenvalue weighted by Crippen LogP contribution is 2.20. The van der Waals surface area contributed by atoms with Crippen molar-refractivity contribution in [3.05, 3.63) is 39.9 Å². The fourth-order valence-electron chi connectivity index (χ4n) is 2.94. The Bertz CT molecular complexity index is 784. The van der Waals surface area contributed by atoms with Crippen LogP contribution in [0.15, 0.2) is 24.3 Å². The molecule has 9 nitrogen and oxygen atoms in total. The minimum absolute atomic E-state index is 0.00830. The average Bonchev–Trinajstić information content (AvgIpc) is 2.66. The maximum Gasteiger partial charge on any atom is 0.269 e. The monoisotopic (exact) mass is 532 g/mol. The molecule has 165 valence electrons. The summed E-state index contributed by atoms with van der Waals surface area (Å²) in [5, 5.41) is 21.2. The number of rotatable bonds is 11. The number of halogens is 1. The van der Waals surface area contributed by atoms with Crippen LogP contribution in [-0.4, -0.2) is 55.1 Å². The summed E-state index contributed by atoms with van der Waals surface area (Å²) in [6.45, 7) is 5.19. The van der Waals surface area contributed by atoms with E-state index in [9.17, 15) is 29.6 Å². The SMILES string of the molecule is CC(C)C[C@@H]([C]=O)N(C(=O)Cc1cccc([N+](=O)[O-])c1)C(=O)[C@@H](N)CC(C)(O)CI. The van der Waals surface area contributed by atoms with Crippen molar-refractivity contribution in [2.24, 2.45) is 11.7 Å². The first-order valence-electron chi connectivity index (χ1n) is 9.42. The smallest absolute Gasteiger partial charge is 0.269 e. The predicted molar refractivity (Wildman–Crippen MR) is 120 cm³/mol. The maximum atomic E-state index is 13.0. The van der Waals surface area contributed by atoms with Gasteiger partial charge < -0.3 is 10.8 Å². The molecule has 0 aliphatic heterocycles. The summed E-state index contributed by atoms with van der Waals surface area (Å²) in [5.41, 5.74) is 4.89. The molecule has 1 unspecified atom stereocenters. The van der Waals surface area contributed by atoms with Gasteiger partial charge in [-0.25, -0.2) is 0 Å². The molecule has 30 heavy (non-hydrogen) atoms. The molecular weight excluding hydrogens is 505 g/mol. The van der Waals surface area contributed by atoms with Gasteiger partial charge in [0.05, 0.1) is 23.0 Å². The van der Waals surface area contributed by atoms with Gasteiger partial charge in [0.2, 0.25) is 18.1 Å². The molecule has 3 N–H and O–H groups in total. The van der Waals surface area contributed by atoms with E-state index in [-0.39, 0.29) is 30.9 Å². The molecular formula is C20H27IN3O6. The second-order valence-corrected chi connectivity index (χ2v) is 8.67. The summed E-state index contributed by atoms with van der Waals surface area (Å²) in [6.07, 6.45) is 1.53. The van der Waals surface area contributed by atoms with Crippen molar-refractivity contribution in [3.8, 4) is 0 Å². The number of amides is 2. The first-order valence-corrected chi connectivity index (χ1v) is 10.9. The van der Waals surface area contributed by atoms with Gasteiger partial charge >= 0.3 is 0 Å². The summed E-state index contributed by atoms with van der Waals surface area (Å²) in [7, 11) is 0. The van der Waals surface area contributed by atoms with E-state index in [1.54, 1.807) is 6.29 Å². The fourth-order valence-corrected chi connectivity index (χ4v) is 3.25. The van der Waals surface area contributed by atoms with Crippen molar-refractivity contribution >= 4 is 46.4 Å². The number of nitro groups is 1. The highest BCUT2D eigenvalue weighted by atomic mass is 127. The first kappa shape index (κ1) is 26.1. The fraction of sp³-hybridized carbons (Fsp3) is 0.550. The Morgan fingerprint density at radius 2 is 2.03 bits per heavy atom. The summed E-state index contributed by atoms with van der Waals surface area (Å²) < 4.78 is 0.322. The number of carbonyl (C=O) groups is 2. The Kier molecular flexibility index (Phi) is 9.98. The van der Waals surface area contributed by atoms with E-state index < -0.39 is 34.4 Å². The zero-order valence-electron chi connectivity index (χ0n) is 17.2. The van der Waals surface area contributed by atoms with Crippen molar-refractivity contribution in [1.29, 1.82) is 0 Å². The van der Waals surface area contributed by atoms with Crippen LogP contribution in [0.4, 0.5) is 5.69 Å². The van der Waals surface area contributed by atoms with Crippen LogP contribution in [0.3, 0.4) is 0 Å². The topological polar surface area (TPSA) is 144 Å². The molecule has 0 aromatic heterocycles. The van der Waals surface area contributed by atoms with Crippen LogP contribution < -0.4 is 5.73 Å². The minimum atomic E-state index is -1.22. The number of aliphatic hydroxyl groups is 1. The molecule has 2 amide bonds. The number of nitrogens with zero attached hydrogens (tertiary/aromatic N) is 2. The lowest BCUT2D eigenvalue weighted by molar-refractivity contribution is -0.384. The van der Waals surface area contributed by atoms with Crippen molar-refractivity contribution in [2.45, 2.75) is 57.7 Å². The molecule has 0 heterocycles. The van der Waals surface area contributed by atoms with Gasteiger partial charge in [-0.3, -0.25) is 29.4 Å². The van der Waals surface area contributed by atoms with Crippen LogP contribution in [0.1, 0.15) is 39.2 Å². The number of imide groups is 1. The first-order chi connectivity index (χ1) is 13.9.